The van der Waals surface area contributed by atoms with Gasteiger partial charge in [0.2, 0.25) is 0 Å². The zero-order valence-electron chi connectivity index (χ0n) is 19.0. The van der Waals surface area contributed by atoms with Crippen LogP contribution >= 0.6 is 11.6 Å². The summed E-state index contributed by atoms with van der Waals surface area (Å²) in [4.78, 5) is 24.1. The van der Waals surface area contributed by atoms with Gasteiger partial charge in [-0.05, 0) is 62.6 Å². The zero-order valence-corrected chi connectivity index (χ0v) is 19.8. The average Bonchev–Trinajstić information content (AvgIpc) is 2.81. The third kappa shape index (κ3) is 5.51. The third-order valence-electron chi connectivity index (χ3n) is 5.79. The van der Waals surface area contributed by atoms with Crippen LogP contribution in [0.4, 0.5) is 0 Å². The summed E-state index contributed by atoms with van der Waals surface area (Å²) in [6, 6.07) is 18.2. The number of benzene rings is 3. The maximum absolute atomic E-state index is 12.6. The number of hydrogen-bond donors (Lipinski definition) is 2. The van der Waals surface area contributed by atoms with E-state index in [2.05, 4.69) is 29.6 Å². The van der Waals surface area contributed by atoms with Gasteiger partial charge in [-0.25, -0.2) is 0 Å². The standard InChI is InChI=1S/C27H26ClNO5/c1-16-3-5-18(6-4-16)13-17(2)29-26(30)19-7-9-20(10-8-19)34-25-15-24-22(14-23(25)28)21(27(31)32)11-12-33-24/h3-10,14-15,17,21H,11-13H2,1-2H3,(H,29,30)(H,31,32). The van der Waals surface area contributed by atoms with Gasteiger partial charge in [0.05, 0.1) is 17.5 Å². The molecule has 0 spiro atoms. The first kappa shape index (κ1) is 23.6. The van der Waals surface area contributed by atoms with E-state index in [4.69, 9.17) is 21.1 Å². The topological polar surface area (TPSA) is 84.9 Å². The highest BCUT2D eigenvalue weighted by molar-refractivity contribution is 6.32. The predicted molar refractivity (Wildman–Crippen MR) is 130 cm³/mol. The Labute approximate surface area is 203 Å². The van der Waals surface area contributed by atoms with E-state index in [0.29, 0.717) is 46.4 Å². The highest BCUT2D eigenvalue weighted by atomic mass is 35.5. The van der Waals surface area contributed by atoms with E-state index < -0.39 is 11.9 Å². The second-order valence-electron chi connectivity index (χ2n) is 8.54. The van der Waals surface area contributed by atoms with Gasteiger partial charge in [0, 0.05) is 23.2 Å². The molecule has 0 saturated heterocycles. The van der Waals surface area contributed by atoms with Gasteiger partial charge >= 0.3 is 5.97 Å². The molecule has 2 unspecified atom stereocenters. The molecule has 0 aliphatic carbocycles. The van der Waals surface area contributed by atoms with E-state index in [-0.39, 0.29) is 11.9 Å². The number of amides is 1. The van der Waals surface area contributed by atoms with Gasteiger partial charge in [0.1, 0.15) is 17.2 Å². The molecule has 1 heterocycles. The third-order valence-corrected chi connectivity index (χ3v) is 6.08. The summed E-state index contributed by atoms with van der Waals surface area (Å²) in [7, 11) is 0. The van der Waals surface area contributed by atoms with Crippen molar-refractivity contribution in [2.75, 3.05) is 6.61 Å². The normalized spacial score (nSPS) is 15.6. The van der Waals surface area contributed by atoms with Crippen LogP contribution in [0.3, 0.4) is 0 Å². The molecular weight excluding hydrogens is 454 g/mol. The molecule has 2 N–H and O–H groups in total. The van der Waals surface area contributed by atoms with Crippen molar-refractivity contribution in [3.63, 3.8) is 0 Å². The van der Waals surface area contributed by atoms with Crippen molar-refractivity contribution in [3.05, 3.63) is 87.9 Å². The van der Waals surface area contributed by atoms with Gasteiger partial charge in [0.15, 0.2) is 0 Å². The Kier molecular flexibility index (Phi) is 7.08. The van der Waals surface area contributed by atoms with Crippen LogP contribution in [0, 0.1) is 6.92 Å². The monoisotopic (exact) mass is 479 g/mol. The minimum absolute atomic E-state index is 0.0185. The summed E-state index contributed by atoms with van der Waals surface area (Å²) in [5.74, 6) is -0.410. The maximum Gasteiger partial charge on any atom is 0.311 e. The number of ether oxygens (including phenoxy) is 2. The number of carbonyl (C=O) groups is 2. The van der Waals surface area contributed by atoms with Crippen LogP contribution in [0.2, 0.25) is 5.02 Å². The summed E-state index contributed by atoms with van der Waals surface area (Å²) >= 11 is 6.36. The maximum atomic E-state index is 12.6. The van der Waals surface area contributed by atoms with Gasteiger partial charge in [-0.1, -0.05) is 41.4 Å². The lowest BCUT2D eigenvalue weighted by Crippen LogP contribution is -2.34. The Morgan fingerprint density at radius 2 is 1.85 bits per heavy atom. The number of hydrogen-bond acceptors (Lipinski definition) is 4. The number of fused-ring (bicyclic) bond motifs is 1. The molecule has 1 aliphatic rings. The number of nitrogens with one attached hydrogen (secondary N) is 1. The van der Waals surface area contributed by atoms with E-state index in [9.17, 15) is 14.7 Å². The minimum Gasteiger partial charge on any atom is -0.493 e. The fourth-order valence-corrected chi connectivity index (χ4v) is 4.17. The average molecular weight is 480 g/mol. The van der Waals surface area contributed by atoms with Crippen molar-refractivity contribution in [3.8, 4) is 17.2 Å². The molecule has 176 valence electrons. The number of carbonyl (C=O) groups excluding carboxylic acids is 1. The molecular formula is C27H26ClNO5. The van der Waals surface area contributed by atoms with Crippen molar-refractivity contribution >= 4 is 23.5 Å². The highest BCUT2D eigenvalue weighted by Gasteiger charge is 2.29. The Bertz CT molecular complexity index is 1190. The molecule has 34 heavy (non-hydrogen) atoms. The van der Waals surface area contributed by atoms with E-state index in [1.54, 1.807) is 36.4 Å². The highest BCUT2D eigenvalue weighted by Crippen LogP contribution is 2.41. The molecule has 3 aromatic rings. The van der Waals surface area contributed by atoms with Crippen LogP contribution in [0.1, 0.15) is 46.3 Å². The van der Waals surface area contributed by atoms with Crippen LogP contribution in [0.5, 0.6) is 17.2 Å². The molecule has 0 saturated carbocycles. The van der Waals surface area contributed by atoms with Crippen molar-refractivity contribution < 1.29 is 24.2 Å². The molecule has 6 nitrogen and oxygen atoms in total. The summed E-state index contributed by atoms with van der Waals surface area (Å²) in [5.41, 5.74) is 3.44. The van der Waals surface area contributed by atoms with Gasteiger partial charge in [-0.2, -0.15) is 0 Å². The predicted octanol–water partition coefficient (Wildman–Crippen LogP) is 5.75. The Morgan fingerprint density at radius 1 is 1.15 bits per heavy atom. The molecule has 3 aromatic carbocycles. The lowest BCUT2D eigenvalue weighted by molar-refractivity contribution is -0.139. The van der Waals surface area contributed by atoms with Crippen LogP contribution in [0.25, 0.3) is 0 Å². The summed E-state index contributed by atoms with van der Waals surface area (Å²) in [6.45, 7) is 4.34. The summed E-state index contributed by atoms with van der Waals surface area (Å²) in [5, 5.41) is 12.7. The smallest absolute Gasteiger partial charge is 0.311 e. The van der Waals surface area contributed by atoms with E-state index in [1.807, 2.05) is 13.8 Å². The van der Waals surface area contributed by atoms with E-state index >= 15 is 0 Å². The number of carboxylic acid groups (broad SMARTS) is 1. The summed E-state index contributed by atoms with van der Waals surface area (Å²) < 4.78 is 11.5. The van der Waals surface area contributed by atoms with Gasteiger partial charge in [-0.15, -0.1) is 0 Å². The lowest BCUT2D eigenvalue weighted by Gasteiger charge is -2.24. The Morgan fingerprint density at radius 3 is 2.53 bits per heavy atom. The number of aliphatic carboxylic acids is 1. The second-order valence-corrected chi connectivity index (χ2v) is 8.95. The first-order chi connectivity index (χ1) is 16.3. The largest absolute Gasteiger partial charge is 0.493 e. The molecule has 1 amide bonds. The van der Waals surface area contributed by atoms with Crippen LogP contribution in [-0.2, 0) is 11.2 Å². The first-order valence-corrected chi connectivity index (χ1v) is 11.5. The first-order valence-electron chi connectivity index (χ1n) is 11.1. The van der Waals surface area contributed by atoms with Crippen LogP contribution in [0.15, 0.2) is 60.7 Å². The molecule has 0 radical (unpaired) electrons. The van der Waals surface area contributed by atoms with Crippen molar-refractivity contribution in [2.24, 2.45) is 0 Å². The van der Waals surface area contributed by atoms with Crippen molar-refractivity contribution in [1.82, 2.24) is 5.32 Å². The molecule has 0 fully saturated rings. The van der Waals surface area contributed by atoms with Crippen LogP contribution in [-0.4, -0.2) is 29.6 Å². The van der Waals surface area contributed by atoms with Gasteiger partial charge in [0.25, 0.3) is 5.91 Å². The van der Waals surface area contributed by atoms with Crippen molar-refractivity contribution in [1.29, 1.82) is 0 Å². The molecule has 0 aromatic heterocycles. The molecule has 7 heteroatoms. The van der Waals surface area contributed by atoms with Crippen LogP contribution < -0.4 is 14.8 Å². The minimum atomic E-state index is -0.906. The molecule has 4 rings (SSSR count). The number of aryl methyl sites for hydroxylation is 1. The number of carboxylic acids is 1. The van der Waals surface area contributed by atoms with Gasteiger partial charge < -0.3 is 19.9 Å². The molecule has 1 aliphatic heterocycles. The molecule has 0 bridgehead atoms. The molecule has 2 atom stereocenters. The van der Waals surface area contributed by atoms with E-state index in [0.717, 1.165) is 6.42 Å². The Balaban J connectivity index is 1.40. The fourth-order valence-electron chi connectivity index (χ4n) is 3.96. The number of halogens is 1. The van der Waals surface area contributed by atoms with E-state index in [1.165, 1.54) is 11.1 Å². The van der Waals surface area contributed by atoms with Crippen molar-refractivity contribution in [2.45, 2.75) is 38.6 Å². The quantitative estimate of drug-likeness (QED) is 0.450. The Hall–Kier alpha value is -3.51. The SMILES string of the molecule is Cc1ccc(CC(C)NC(=O)c2ccc(Oc3cc4c(cc3Cl)C(C(=O)O)CCO4)cc2)cc1. The lowest BCUT2D eigenvalue weighted by atomic mass is 9.93. The fraction of sp³-hybridized carbons (Fsp3) is 0.259. The summed E-state index contributed by atoms with van der Waals surface area (Å²) in [6.07, 6.45) is 1.14. The zero-order chi connectivity index (χ0) is 24.2. The second kappa shape index (κ2) is 10.2. The number of rotatable bonds is 7. The van der Waals surface area contributed by atoms with Gasteiger partial charge in [-0.3, -0.25) is 9.59 Å².